The van der Waals surface area contributed by atoms with Gasteiger partial charge in [-0.05, 0) is 30.0 Å². The minimum atomic E-state index is -0.235. The Morgan fingerprint density at radius 3 is 2.79 bits per heavy atom. The molecule has 1 aromatic carbocycles. The van der Waals surface area contributed by atoms with Crippen LogP contribution in [-0.2, 0) is 22.7 Å². The second-order valence-corrected chi connectivity index (χ2v) is 7.33. The topological polar surface area (TPSA) is 52.7 Å². The molecule has 1 atom stereocenters. The van der Waals surface area contributed by atoms with Crippen molar-refractivity contribution in [1.82, 2.24) is 9.80 Å². The van der Waals surface area contributed by atoms with E-state index in [0.717, 1.165) is 25.3 Å². The molecule has 130 valence electrons. The van der Waals surface area contributed by atoms with Gasteiger partial charge in [0.2, 0.25) is 11.8 Å². The lowest BCUT2D eigenvalue weighted by Crippen LogP contribution is -2.28. The van der Waals surface area contributed by atoms with E-state index in [0.29, 0.717) is 25.4 Å². The van der Waals surface area contributed by atoms with Gasteiger partial charge in [0.1, 0.15) is 0 Å². The molecule has 2 aliphatic heterocycles. The number of anilines is 1. The third-order valence-electron chi connectivity index (χ3n) is 4.90. The zero-order valence-corrected chi connectivity index (χ0v) is 14.8. The van der Waals surface area contributed by atoms with Gasteiger partial charge in [-0.1, -0.05) is 26.0 Å². The van der Waals surface area contributed by atoms with E-state index in [9.17, 15) is 9.59 Å². The molecule has 1 aromatic rings. The Morgan fingerprint density at radius 2 is 2.12 bits per heavy atom. The smallest absolute Gasteiger partial charge is 0.229 e. The maximum Gasteiger partial charge on any atom is 0.229 e. The van der Waals surface area contributed by atoms with Gasteiger partial charge in [0.25, 0.3) is 0 Å². The number of carbonyl (C=O) groups excluding carboxylic acids is 2. The molecule has 0 unspecified atom stereocenters. The number of likely N-dealkylation sites (tertiary alicyclic amines) is 1. The highest BCUT2D eigenvalue weighted by Gasteiger charge is 2.34. The molecule has 1 N–H and O–H groups in total. The average molecular weight is 329 g/mol. The molecule has 0 radical (unpaired) electrons. The summed E-state index contributed by atoms with van der Waals surface area (Å²) in [5.41, 5.74) is 3.43. The second kappa shape index (κ2) is 6.93. The second-order valence-electron chi connectivity index (χ2n) is 7.33. The molecule has 2 amide bonds. The van der Waals surface area contributed by atoms with E-state index in [4.69, 9.17) is 0 Å². The van der Waals surface area contributed by atoms with Crippen LogP contribution in [0.25, 0.3) is 0 Å². The van der Waals surface area contributed by atoms with Gasteiger partial charge >= 0.3 is 0 Å². The molecule has 1 fully saturated rings. The third kappa shape index (κ3) is 3.46. The molecule has 2 aliphatic rings. The minimum Gasteiger partial charge on any atom is -0.342 e. The molecular formula is C19H27N3O2. The number of fused-ring (bicyclic) bond motifs is 1. The van der Waals surface area contributed by atoms with Crippen LogP contribution in [0.3, 0.4) is 0 Å². The summed E-state index contributed by atoms with van der Waals surface area (Å²) in [6, 6.07) is 6.12. The number of benzene rings is 1. The maximum absolute atomic E-state index is 12.6. The average Bonchev–Trinajstić information content (AvgIpc) is 3.10. The lowest BCUT2D eigenvalue weighted by atomic mass is 10.1. The lowest BCUT2D eigenvalue weighted by molar-refractivity contribution is -0.128. The predicted octanol–water partition coefficient (Wildman–Crippen LogP) is 2.47. The van der Waals surface area contributed by atoms with Crippen molar-refractivity contribution in [2.75, 3.05) is 25.0 Å². The first-order valence-corrected chi connectivity index (χ1v) is 8.89. The Hall–Kier alpha value is -1.88. The first kappa shape index (κ1) is 17.0. The highest BCUT2D eigenvalue weighted by atomic mass is 16.2. The van der Waals surface area contributed by atoms with E-state index in [-0.39, 0.29) is 17.7 Å². The van der Waals surface area contributed by atoms with Crippen LogP contribution in [0.15, 0.2) is 18.2 Å². The Kier molecular flexibility index (Phi) is 4.90. The van der Waals surface area contributed by atoms with Gasteiger partial charge in [-0.2, -0.15) is 0 Å². The molecule has 2 heterocycles. The SMILES string of the molecule is CCN1C[C@@H](C(=O)Nc2cccc3c2CN(CC(C)C)C3)CC1=O. The summed E-state index contributed by atoms with van der Waals surface area (Å²) in [4.78, 5) is 28.6. The molecule has 0 saturated carbocycles. The fraction of sp³-hybridized carbons (Fsp3) is 0.579. The van der Waals surface area contributed by atoms with E-state index >= 15 is 0 Å². The van der Waals surface area contributed by atoms with Crippen molar-refractivity contribution < 1.29 is 9.59 Å². The van der Waals surface area contributed by atoms with Crippen molar-refractivity contribution in [2.24, 2.45) is 11.8 Å². The summed E-state index contributed by atoms with van der Waals surface area (Å²) in [5, 5.41) is 3.08. The van der Waals surface area contributed by atoms with Crippen LogP contribution in [-0.4, -0.2) is 41.2 Å². The summed E-state index contributed by atoms with van der Waals surface area (Å²) < 4.78 is 0. The van der Waals surface area contributed by atoms with Crippen LogP contribution >= 0.6 is 0 Å². The first-order valence-electron chi connectivity index (χ1n) is 8.89. The summed E-state index contributed by atoms with van der Waals surface area (Å²) in [5.74, 6) is 0.442. The molecule has 24 heavy (non-hydrogen) atoms. The zero-order valence-electron chi connectivity index (χ0n) is 14.8. The van der Waals surface area contributed by atoms with Crippen LogP contribution in [0, 0.1) is 11.8 Å². The van der Waals surface area contributed by atoms with Crippen LogP contribution in [0.4, 0.5) is 5.69 Å². The van der Waals surface area contributed by atoms with Gasteiger partial charge in [-0.3, -0.25) is 14.5 Å². The highest BCUT2D eigenvalue weighted by Crippen LogP contribution is 2.30. The van der Waals surface area contributed by atoms with Crippen molar-refractivity contribution in [3.63, 3.8) is 0 Å². The summed E-state index contributed by atoms with van der Waals surface area (Å²) in [7, 11) is 0. The molecule has 5 nitrogen and oxygen atoms in total. The van der Waals surface area contributed by atoms with Crippen molar-refractivity contribution >= 4 is 17.5 Å². The van der Waals surface area contributed by atoms with Gasteiger partial charge < -0.3 is 10.2 Å². The molecule has 0 bridgehead atoms. The van der Waals surface area contributed by atoms with E-state index in [2.05, 4.69) is 30.1 Å². The number of amides is 2. The number of hydrogen-bond donors (Lipinski definition) is 1. The van der Waals surface area contributed by atoms with Crippen molar-refractivity contribution in [3.05, 3.63) is 29.3 Å². The number of nitrogens with one attached hydrogen (secondary N) is 1. The summed E-state index contributed by atoms with van der Waals surface area (Å²) in [6.45, 7) is 10.5. The van der Waals surface area contributed by atoms with E-state index in [1.165, 1.54) is 11.1 Å². The molecule has 0 spiro atoms. The fourth-order valence-electron chi connectivity index (χ4n) is 3.74. The number of rotatable bonds is 5. The molecule has 3 rings (SSSR count). The number of nitrogens with zero attached hydrogens (tertiary/aromatic N) is 2. The molecule has 0 aromatic heterocycles. The maximum atomic E-state index is 12.6. The third-order valence-corrected chi connectivity index (χ3v) is 4.90. The van der Waals surface area contributed by atoms with Gasteiger partial charge in [0.15, 0.2) is 0 Å². The van der Waals surface area contributed by atoms with Crippen LogP contribution < -0.4 is 5.32 Å². The highest BCUT2D eigenvalue weighted by molar-refractivity contribution is 5.97. The lowest BCUT2D eigenvalue weighted by Gasteiger charge is -2.17. The van der Waals surface area contributed by atoms with Crippen molar-refractivity contribution in [1.29, 1.82) is 0 Å². The van der Waals surface area contributed by atoms with Crippen molar-refractivity contribution in [2.45, 2.75) is 40.3 Å². The normalized spacial score (nSPS) is 20.8. The van der Waals surface area contributed by atoms with Crippen LogP contribution in [0.1, 0.15) is 38.3 Å². The van der Waals surface area contributed by atoms with E-state index in [1.54, 1.807) is 4.90 Å². The van der Waals surface area contributed by atoms with E-state index in [1.807, 2.05) is 19.1 Å². The van der Waals surface area contributed by atoms with Gasteiger partial charge in [0, 0.05) is 44.8 Å². The largest absolute Gasteiger partial charge is 0.342 e. The minimum absolute atomic E-state index is 0.0324. The molecule has 1 saturated heterocycles. The number of hydrogen-bond acceptors (Lipinski definition) is 3. The van der Waals surface area contributed by atoms with Gasteiger partial charge in [-0.15, -0.1) is 0 Å². The van der Waals surface area contributed by atoms with Crippen molar-refractivity contribution in [3.8, 4) is 0 Å². The molecule has 5 heteroatoms. The first-order chi connectivity index (χ1) is 11.5. The predicted molar refractivity (Wildman–Crippen MR) is 94.4 cm³/mol. The van der Waals surface area contributed by atoms with Gasteiger partial charge in [-0.25, -0.2) is 0 Å². The number of carbonyl (C=O) groups is 2. The summed E-state index contributed by atoms with van der Waals surface area (Å²) in [6.07, 6.45) is 0.328. The molecule has 0 aliphatic carbocycles. The Bertz CT molecular complexity index is 641. The summed E-state index contributed by atoms with van der Waals surface area (Å²) >= 11 is 0. The Labute approximate surface area is 144 Å². The van der Waals surface area contributed by atoms with Gasteiger partial charge in [0.05, 0.1) is 5.92 Å². The molecular weight excluding hydrogens is 302 g/mol. The monoisotopic (exact) mass is 329 g/mol. The standard InChI is InChI=1S/C19H27N3O2/c1-4-22-11-15(8-18(22)23)19(24)20-17-7-5-6-14-10-21(9-13(2)3)12-16(14)17/h5-7,13,15H,4,8-12H2,1-3H3,(H,20,24)/t15-/m0/s1. The fourth-order valence-corrected chi connectivity index (χ4v) is 3.74. The Balaban J connectivity index is 1.68. The van der Waals surface area contributed by atoms with Crippen LogP contribution in [0.5, 0.6) is 0 Å². The zero-order chi connectivity index (χ0) is 17.3. The quantitative estimate of drug-likeness (QED) is 0.903. The van der Waals surface area contributed by atoms with E-state index < -0.39 is 0 Å². The van der Waals surface area contributed by atoms with Crippen LogP contribution in [0.2, 0.25) is 0 Å². The Morgan fingerprint density at radius 1 is 1.33 bits per heavy atom.